The number of carbonyl (C=O) groups is 1. The molecule has 0 unspecified atom stereocenters. The number of amides is 1. The number of hydrogen-bond acceptors (Lipinski definition) is 3. The fourth-order valence-electron chi connectivity index (χ4n) is 4.55. The minimum absolute atomic E-state index is 0.177. The largest absolute Gasteiger partial charge is 0.416 e. The van der Waals surface area contributed by atoms with E-state index in [0.717, 1.165) is 49.1 Å². The maximum atomic E-state index is 13.7. The quantitative estimate of drug-likeness (QED) is 0.584. The Bertz CT molecular complexity index is 1080. The van der Waals surface area contributed by atoms with Gasteiger partial charge in [0.2, 0.25) is 15.9 Å². The van der Waals surface area contributed by atoms with E-state index in [2.05, 4.69) is 5.32 Å². The van der Waals surface area contributed by atoms with Gasteiger partial charge in [-0.1, -0.05) is 37.0 Å². The smallest absolute Gasteiger partial charge is 0.325 e. The minimum atomic E-state index is -4.47. The van der Waals surface area contributed by atoms with Gasteiger partial charge >= 0.3 is 6.18 Å². The van der Waals surface area contributed by atoms with Crippen LogP contribution in [0.4, 0.5) is 18.9 Å². The third-order valence-electron chi connectivity index (χ3n) is 5.95. The number of anilines is 1. The van der Waals surface area contributed by atoms with Gasteiger partial charge in [0.25, 0.3) is 0 Å². The molecule has 0 aromatic heterocycles. The molecule has 0 saturated heterocycles. The second-order valence-electron chi connectivity index (χ2n) is 8.69. The zero-order chi connectivity index (χ0) is 24.4. The highest BCUT2D eigenvalue weighted by Crippen LogP contribution is 2.32. The predicted octanol–water partition coefficient (Wildman–Crippen LogP) is 5.59. The Balaban J connectivity index is 1.88. The molecular weight excluding hydrogens is 453 g/mol. The van der Waals surface area contributed by atoms with Crippen LogP contribution in [0.3, 0.4) is 0 Å². The van der Waals surface area contributed by atoms with E-state index in [0.29, 0.717) is 24.0 Å². The van der Waals surface area contributed by atoms with E-state index in [9.17, 15) is 26.4 Å². The van der Waals surface area contributed by atoms with Crippen molar-refractivity contribution < 1.29 is 26.4 Å². The average molecular weight is 483 g/mol. The minimum Gasteiger partial charge on any atom is -0.325 e. The van der Waals surface area contributed by atoms with E-state index in [1.807, 2.05) is 6.92 Å². The van der Waals surface area contributed by atoms with Crippen molar-refractivity contribution in [3.63, 3.8) is 0 Å². The van der Waals surface area contributed by atoms with E-state index >= 15 is 0 Å². The molecule has 0 atom stereocenters. The first-order chi connectivity index (χ1) is 15.4. The third-order valence-corrected chi connectivity index (χ3v) is 8.15. The number of sulfonamides is 1. The summed E-state index contributed by atoms with van der Waals surface area (Å²) in [6.45, 7) is 4.98. The summed E-state index contributed by atoms with van der Waals surface area (Å²) in [7, 11) is -3.97. The summed E-state index contributed by atoms with van der Waals surface area (Å²) in [5, 5.41) is 2.54. The van der Waals surface area contributed by atoms with Crippen LogP contribution in [0, 0.1) is 20.8 Å². The Hall–Kier alpha value is -2.39. The van der Waals surface area contributed by atoms with Crippen molar-refractivity contribution in [3.8, 4) is 0 Å². The van der Waals surface area contributed by atoms with Gasteiger partial charge in [-0.15, -0.1) is 0 Å². The highest BCUT2D eigenvalue weighted by Gasteiger charge is 2.36. The Morgan fingerprint density at radius 2 is 1.55 bits per heavy atom. The number of hydrogen-bond donors (Lipinski definition) is 1. The van der Waals surface area contributed by atoms with Crippen molar-refractivity contribution in [2.75, 3.05) is 11.9 Å². The Labute approximate surface area is 193 Å². The predicted molar refractivity (Wildman–Crippen MR) is 121 cm³/mol. The van der Waals surface area contributed by atoms with Gasteiger partial charge in [0.15, 0.2) is 0 Å². The second-order valence-corrected chi connectivity index (χ2v) is 10.5. The Morgan fingerprint density at radius 3 is 2.06 bits per heavy atom. The van der Waals surface area contributed by atoms with Crippen LogP contribution in [0.2, 0.25) is 0 Å². The molecule has 1 N–H and O–H groups in total. The van der Waals surface area contributed by atoms with Crippen LogP contribution in [-0.2, 0) is 21.0 Å². The van der Waals surface area contributed by atoms with Crippen LogP contribution in [0.25, 0.3) is 0 Å². The average Bonchev–Trinajstić information content (AvgIpc) is 2.71. The molecule has 0 bridgehead atoms. The first-order valence-electron chi connectivity index (χ1n) is 11.0. The summed E-state index contributed by atoms with van der Waals surface area (Å²) < 4.78 is 67.1. The molecule has 1 fully saturated rings. The fourth-order valence-corrected chi connectivity index (χ4v) is 6.61. The summed E-state index contributed by atoms with van der Waals surface area (Å²) in [6, 6.07) is 7.39. The van der Waals surface area contributed by atoms with Gasteiger partial charge in [0.1, 0.15) is 0 Å². The van der Waals surface area contributed by atoms with Crippen LogP contribution < -0.4 is 5.32 Å². The molecule has 1 aliphatic rings. The molecule has 0 heterocycles. The number of nitrogens with zero attached hydrogens (tertiary/aromatic N) is 1. The molecule has 1 aliphatic carbocycles. The second kappa shape index (κ2) is 9.85. The molecule has 0 spiro atoms. The summed E-state index contributed by atoms with van der Waals surface area (Å²) >= 11 is 0. The number of alkyl halides is 3. The lowest BCUT2D eigenvalue weighted by molar-refractivity contribution is -0.137. The van der Waals surface area contributed by atoms with E-state index < -0.39 is 34.2 Å². The Kier molecular flexibility index (Phi) is 7.53. The van der Waals surface area contributed by atoms with Gasteiger partial charge in [-0.3, -0.25) is 4.79 Å². The number of halogens is 3. The maximum Gasteiger partial charge on any atom is 0.416 e. The van der Waals surface area contributed by atoms with Crippen LogP contribution in [0.5, 0.6) is 0 Å². The van der Waals surface area contributed by atoms with Crippen molar-refractivity contribution in [1.82, 2.24) is 4.31 Å². The van der Waals surface area contributed by atoms with Crippen LogP contribution >= 0.6 is 0 Å². The normalized spacial score (nSPS) is 15.6. The number of carbonyl (C=O) groups excluding carboxylic acids is 1. The topological polar surface area (TPSA) is 66.5 Å². The first-order valence-corrected chi connectivity index (χ1v) is 12.4. The lowest BCUT2D eigenvalue weighted by Crippen LogP contribution is -2.46. The SMILES string of the molecule is Cc1cc(C)c(S(=O)(=O)N(CC(=O)Nc2ccc(C(F)(F)F)cc2)C2CCCCC2)c(C)c1. The highest BCUT2D eigenvalue weighted by atomic mass is 32.2. The molecule has 1 saturated carbocycles. The fraction of sp³-hybridized carbons (Fsp3) is 0.458. The van der Waals surface area contributed by atoms with Gasteiger partial charge < -0.3 is 5.32 Å². The van der Waals surface area contributed by atoms with Crippen molar-refractivity contribution in [3.05, 3.63) is 58.7 Å². The molecular formula is C24H29F3N2O3S. The summed E-state index contributed by atoms with van der Waals surface area (Å²) in [4.78, 5) is 13.0. The van der Waals surface area contributed by atoms with Crippen LogP contribution in [-0.4, -0.2) is 31.2 Å². The highest BCUT2D eigenvalue weighted by molar-refractivity contribution is 7.89. The van der Waals surface area contributed by atoms with Crippen molar-refractivity contribution in [2.24, 2.45) is 0 Å². The van der Waals surface area contributed by atoms with Crippen molar-refractivity contribution >= 4 is 21.6 Å². The number of rotatable bonds is 6. The summed E-state index contributed by atoms with van der Waals surface area (Å²) in [6.07, 6.45) is -0.373. The zero-order valence-electron chi connectivity index (χ0n) is 19.0. The van der Waals surface area contributed by atoms with E-state index in [1.165, 1.54) is 4.31 Å². The van der Waals surface area contributed by atoms with Crippen molar-refractivity contribution in [2.45, 2.75) is 70.0 Å². The monoisotopic (exact) mass is 482 g/mol. The molecule has 5 nitrogen and oxygen atoms in total. The van der Waals surface area contributed by atoms with Gasteiger partial charge in [-0.2, -0.15) is 17.5 Å². The molecule has 1 amide bonds. The van der Waals surface area contributed by atoms with Crippen molar-refractivity contribution in [1.29, 1.82) is 0 Å². The molecule has 2 aromatic rings. The van der Waals surface area contributed by atoms with Gasteiger partial charge in [0, 0.05) is 11.7 Å². The first kappa shape index (κ1) is 25.2. The zero-order valence-corrected chi connectivity index (χ0v) is 19.8. The van der Waals surface area contributed by atoms with E-state index in [1.54, 1.807) is 26.0 Å². The molecule has 3 rings (SSSR count). The molecule has 9 heteroatoms. The lowest BCUT2D eigenvalue weighted by atomic mass is 9.95. The van der Waals surface area contributed by atoms with E-state index in [-0.39, 0.29) is 16.6 Å². The summed E-state index contributed by atoms with van der Waals surface area (Å²) in [5.74, 6) is -0.591. The molecule has 180 valence electrons. The summed E-state index contributed by atoms with van der Waals surface area (Å²) in [5.41, 5.74) is 1.55. The molecule has 2 aromatic carbocycles. The van der Waals surface area contributed by atoms with Crippen LogP contribution in [0.1, 0.15) is 54.4 Å². The van der Waals surface area contributed by atoms with E-state index in [4.69, 9.17) is 0 Å². The standard InChI is InChI=1S/C24H29F3N2O3S/c1-16-13-17(2)23(18(3)14-16)33(31,32)29(21-7-5-4-6-8-21)15-22(30)28-20-11-9-19(10-12-20)24(25,26)27/h9-14,21H,4-8,15H2,1-3H3,(H,28,30). The molecule has 0 aliphatic heterocycles. The molecule has 0 radical (unpaired) electrons. The Morgan fingerprint density at radius 1 is 1.00 bits per heavy atom. The maximum absolute atomic E-state index is 13.7. The number of nitrogens with one attached hydrogen (secondary N) is 1. The van der Waals surface area contributed by atoms with Crippen LogP contribution in [0.15, 0.2) is 41.3 Å². The van der Waals surface area contributed by atoms with Gasteiger partial charge in [-0.05, 0) is 69.0 Å². The number of aryl methyl sites for hydroxylation is 3. The van der Waals surface area contributed by atoms with Gasteiger partial charge in [0.05, 0.1) is 17.0 Å². The van der Waals surface area contributed by atoms with Gasteiger partial charge in [-0.25, -0.2) is 8.42 Å². The number of benzene rings is 2. The molecule has 33 heavy (non-hydrogen) atoms. The third kappa shape index (κ3) is 5.95. The lowest BCUT2D eigenvalue weighted by Gasteiger charge is -2.33.